The largest absolute Gasteiger partial charge is 0.333 e. The topological polar surface area (TPSA) is 62.6 Å². The number of allylic oxidation sites excluding steroid dienone is 4. The molecule has 250 valence electrons. The molecule has 2 atom stereocenters. The predicted octanol–water partition coefficient (Wildman–Crippen LogP) is 9.42. The second kappa shape index (κ2) is 18.6. The first kappa shape index (κ1) is 37.0. The van der Waals surface area contributed by atoms with Crippen molar-refractivity contribution in [3.63, 3.8) is 0 Å². The Morgan fingerprint density at radius 3 is 1.83 bits per heavy atom. The van der Waals surface area contributed by atoms with Gasteiger partial charge in [-0.15, -0.1) is 0 Å². The van der Waals surface area contributed by atoms with Crippen molar-refractivity contribution in [3.05, 3.63) is 125 Å². The molecule has 2 unspecified atom stereocenters. The van der Waals surface area contributed by atoms with Crippen LogP contribution in [0.5, 0.6) is 0 Å². The van der Waals surface area contributed by atoms with E-state index >= 15 is 0 Å². The first-order valence-electron chi connectivity index (χ1n) is 17.4. The van der Waals surface area contributed by atoms with Crippen LogP contribution in [0.3, 0.4) is 0 Å². The highest BCUT2D eigenvalue weighted by atomic mass is 16.2. The highest BCUT2D eigenvalue weighted by molar-refractivity contribution is 6.28. The summed E-state index contributed by atoms with van der Waals surface area (Å²) in [4.78, 5) is 41.5. The number of amides is 4. The third kappa shape index (κ3) is 9.77. The van der Waals surface area contributed by atoms with Gasteiger partial charge in [-0.3, -0.25) is 19.4 Å². The number of nitrogens with zero attached hydrogens (tertiary/aromatic N) is 3. The number of hydrogen-bond donors (Lipinski definition) is 0. The first-order valence-corrected chi connectivity index (χ1v) is 17.4. The highest BCUT2D eigenvalue weighted by Gasteiger charge is 2.41. The minimum Gasteiger partial charge on any atom is -0.319 e. The molecule has 6 nitrogen and oxygen atoms in total. The SMILES string of the molecule is CC.CC.CCC/C=C1\C(=O)N(CCC2=CC3CC3C=C2)C(=O)N(CCc2ccccc2)C1=O.Cc1ccc(C)n1-c1ccccc1. The number of aromatic nitrogens is 1. The molecule has 0 N–H and O–H groups in total. The van der Waals surface area contributed by atoms with E-state index < -0.39 is 17.8 Å². The van der Waals surface area contributed by atoms with Gasteiger partial charge in [0.05, 0.1) is 0 Å². The molecule has 1 aliphatic heterocycles. The lowest BCUT2D eigenvalue weighted by atomic mass is 10.0. The van der Waals surface area contributed by atoms with Gasteiger partial charge in [0.25, 0.3) is 11.8 Å². The molecule has 3 aromatic rings. The quantitative estimate of drug-likeness (QED) is 0.174. The molecule has 47 heavy (non-hydrogen) atoms. The van der Waals surface area contributed by atoms with Crippen molar-refractivity contribution < 1.29 is 14.4 Å². The zero-order valence-electron chi connectivity index (χ0n) is 29.4. The predicted molar refractivity (Wildman–Crippen MR) is 193 cm³/mol. The van der Waals surface area contributed by atoms with Crippen molar-refractivity contribution in [2.45, 2.75) is 80.6 Å². The molecule has 0 radical (unpaired) electrons. The molecule has 6 rings (SSSR count). The Bertz CT molecular complexity index is 1530. The summed E-state index contributed by atoms with van der Waals surface area (Å²) in [5.41, 5.74) is 6.15. The third-order valence-corrected chi connectivity index (χ3v) is 8.30. The van der Waals surface area contributed by atoms with E-state index in [1.165, 1.54) is 38.9 Å². The van der Waals surface area contributed by atoms with E-state index in [1.807, 2.05) is 71.0 Å². The van der Waals surface area contributed by atoms with Crippen molar-refractivity contribution in [1.29, 1.82) is 0 Å². The summed E-state index contributed by atoms with van der Waals surface area (Å²) in [5, 5.41) is 0. The highest BCUT2D eigenvalue weighted by Crippen LogP contribution is 2.44. The lowest BCUT2D eigenvalue weighted by Crippen LogP contribution is -2.57. The van der Waals surface area contributed by atoms with E-state index in [2.05, 4.69) is 73.0 Å². The fourth-order valence-corrected chi connectivity index (χ4v) is 5.73. The Labute approximate surface area is 282 Å². The van der Waals surface area contributed by atoms with Crippen LogP contribution in [0.1, 0.15) is 77.3 Å². The maximum absolute atomic E-state index is 13.1. The normalized spacial score (nSPS) is 18.7. The van der Waals surface area contributed by atoms with Crippen LogP contribution in [0, 0.1) is 25.7 Å². The number of carbonyl (C=O) groups excluding carboxylic acids is 3. The van der Waals surface area contributed by atoms with Crippen molar-refractivity contribution in [2.24, 2.45) is 11.8 Å². The Hall–Kier alpha value is -4.45. The number of imide groups is 2. The smallest absolute Gasteiger partial charge is 0.319 e. The van der Waals surface area contributed by atoms with Crippen LogP contribution < -0.4 is 0 Å². The summed E-state index contributed by atoms with van der Waals surface area (Å²) >= 11 is 0. The molecule has 0 bridgehead atoms. The van der Waals surface area contributed by atoms with Crippen molar-refractivity contribution in [3.8, 4) is 5.69 Å². The molecular weight excluding hydrogens is 582 g/mol. The number of rotatable bonds is 9. The minimum absolute atomic E-state index is 0.125. The molecule has 2 heterocycles. The average molecular weight is 636 g/mol. The number of barbiturate groups is 1. The summed E-state index contributed by atoms with van der Waals surface area (Å²) in [6.07, 6.45) is 12.1. The lowest BCUT2D eigenvalue weighted by Gasteiger charge is -2.34. The van der Waals surface area contributed by atoms with Crippen LogP contribution in [-0.2, 0) is 16.0 Å². The van der Waals surface area contributed by atoms with E-state index in [9.17, 15) is 14.4 Å². The number of urea groups is 1. The molecule has 6 heteroatoms. The molecule has 1 aromatic heterocycles. The van der Waals surface area contributed by atoms with E-state index in [0.29, 0.717) is 37.6 Å². The second-order valence-electron chi connectivity index (χ2n) is 11.5. The van der Waals surface area contributed by atoms with Gasteiger partial charge < -0.3 is 4.57 Å². The number of carbonyl (C=O) groups is 3. The second-order valence-corrected chi connectivity index (χ2v) is 11.5. The zero-order valence-corrected chi connectivity index (χ0v) is 29.4. The maximum atomic E-state index is 13.1. The van der Waals surface area contributed by atoms with Crippen LogP contribution >= 0.6 is 0 Å². The zero-order chi connectivity index (χ0) is 34.3. The van der Waals surface area contributed by atoms with E-state index in [4.69, 9.17) is 0 Å². The number of hydrogen-bond acceptors (Lipinski definition) is 3. The standard InChI is InChI=1S/C25H28N2O3.C12H13N.2C2H6/c1-2-3-9-22-23(28)26(14-12-18-7-5-4-6-8-18)25(30)27(24(22)29)15-13-19-10-11-20-17-21(20)16-19;1-10-8-9-11(2)13(10)12-6-4-3-5-7-12;2*1-2/h4-11,16,20-21H,2-3,12-15,17H2,1H3;3-9H,1-2H3;2*1-2H3/b22-9-;;;. The van der Waals surface area contributed by atoms with Gasteiger partial charge >= 0.3 is 6.03 Å². The monoisotopic (exact) mass is 635 g/mol. The number of para-hydroxylation sites is 1. The molecule has 2 fully saturated rings. The Balaban J connectivity index is 0.000000294. The van der Waals surface area contributed by atoms with Crippen LogP contribution in [0.4, 0.5) is 4.79 Å². The van der Waals surface area contributed by atoms with E-state index in [-0.39, 0.29) is 12.1 Å². The molecule has 1 saturated carbocycles. The maximum Gasteiger partial charge on any atom is 0.333 e. The van der Waals surface area contributed by atoms with Gasteiger partial charge in [-0.1, -0.05) is 119 Å². The Morgan fingerprint density at radius 1 is 0.723 bits per heavy atom. The molecule has 2 aromatic carbocycles. The van der Waals surface area contributed by atoms with Gasteiger partial charge in [0.2, 0.25) is 0 Å². The Morgan fingerprint density at radius 2 is 1.28 bits per heavy atom. The first-order chi connectivity index (χ1) is 22.9. The van der Waals surface area contributed by atoms with Gasteiger partial charge in [-0.05, 0) is 81.2 Å². The fourth-order valence-electron chi connectivity index (χ4n) is 5.73. The van der Waals surface area contributed by atoms with Crippen LogP contribution in [-0.4, -0.2) is 45.3 Å². The number of fused-ring (bicyclic) bond motifs is 1. The van der Waals surface area contributed by atoms with Gasteiger partial charge in [-0.25, -0.2) is 4.79 Å². The number of aryl methyl sites for hydroxylation is 2. The van der Waals surface area contributed by atoms with Gasteiger partial charge in [0.1, 0.15) is 5.57 Å². The molecule has 2 aliphatic carbocycles. The minimum atomic E-state index is -0.501. The van der Waals surface area contributed by atoms with Gasteiger partial charge in [-0.2, -0.15) is 0 Å². The van der Waals surface area contributed by atoms with Crippen LogP contribution in [0.2, 0.25) is 0 Å². The summed E-state index contributed by atoms with van der Waals surface area (Å²) in [5.74, 6) is 0.380. The van der Waals surface area contributed by atoms with Gasteiger partial charge in [0.15, 0.2) is 0 Å². The molecule has 4 amide bonds. The third-order valence-electron chi connectivity index (χ3n) is 8.30. The number of benzene rings is 2. The molecule has 0 spiro atoms. The summed E-state index contributed by atoms with van der Waals surface area (Å²) in [7, 11) is 0. The van der Waals surface area contributed by atoms with E-state index in [1.54, 1.807) is 6.08 Å². The lowest BCUT2D eigenvalue weighted by molar-refractivity contribution is -0.135. The molecule has 3 aliphatic rings. The summed E-state index contributed by atoms with van der Waals surface area (Å²) in [6, 6.07) is 24.0. The van der Waals surface area contributed by atoms with Crippen molar-refractivity contribution >= 4 is 17.8 Å². The van der Waals surface area contributed by atoms with E-state index in [0.717, 1.165) is 12.0 Å². The number of unbranched alkanes of at least 4 members (excludes halogenated alkanes) is 1. The summed E-state index contributed by atoms with van der Waals surface area (Å²) in [6.45, 7) is 14.8. The summed E-state index contributed by atoms with van der Waals surface area (Å²) < 4.78 is 2.25. The molecule has 1 saturated heterocycles. The van der Waals surface area contributed by atoms with Crippen molar-refractivity contribution in [2.75, 3.05) is 13.1 Å². The van der Waals surface area contributed by atoms with Crippen molar-refractivity contribution in [1.82, 2.24) is 14.4 Å². The Kier molecular flexibility index (Phi) is 14.7. The van der Waals surface area contributed by atoms with Crippen LogP contribution in [0.25, 0.3) is 5.69 Å². The van der Waals surface area contributed by atoms with Gasteiger partial charge in [0, 0.05) is 30.2 Å². The molecular formula is C41H53N3O3. The van der Waals surface area contributed by atoms with Crippen LogP contribution in [0.15, 0.2) is 108 Å². The fraction of sp³-hybridized carbons (Fsp3) is 0.390. The average Bonchev–Trinajstić information content (AvgIpc) is 3.81.